The van der Waals surface area contributed by atoms with Crippen LogP contribution in [0.1, 0.15) is 68.8 Å². The molecular weight excluding hydrogens is 328 g/mol. The molecule has 0 spiro atoms. The molecule has 0 bridgehead atoms. The van der Waals surface area contributed by atoms with E-state index in [-0.39, 0.29) is 17.2 Å². The van der Waals surface area contributed by atoms with E-state index in [1.807, 2.05) is 0 Å². The molecule has 0 aromatic heterocycles. The molecule has 2 N–H and O–H groups in total. The number of aromatic carboxylic acids is 1. The highest BCUT2D eigenvalue weighted by Crippen LogP contribution is 2.36. The summed E-state index contributed by atoms with van der Waals surface area (Å²) < 4.78 is 5.95. The van der Waals surface area contributed by atoms with Crippen molar-refractivity contribution in [3.05, 3.63) is 47.2 Å². The van der Waals surface area contributed by atoms with Gasteiger partial charge in [0.2, 0.25) is 0 Å². The fourth-order valence-corrected chi connectivity index (χ4v) is 3.70. The predicted molar refractivity (Wildman–Crippen MR) is 104 cm³/mol. The molecule has 142 valence electrons. The molecule has 4 heteroatoms. The summed E-state index contributed by atoms with van der Waals surface area (Å²) in [5.74, 6) is 0.351. The zero-order chi connectivity index (χ0) is 19.3. The molecule has 2 atom stereocenters. The maximum atomic E-state index is 11.5. The van der Waals surface area contributed by atoms with Gasteiger partial charge in [-0.3, -0.25) is 0 Å². The number of unbranched alkanes of at least 4 members (excludes halogenated alkanes) is 2. The zero-order valence-corrected chi connectivity index (χ0v) is 16.0. The Morgan fingerprint density at radius 1 is 1.35 bits per heavy atom. The number of carboxylic acid groups (broad SMARTS) is 1. The van der Waals surface area contributed by atoms with Crippen LogP contribution in [0.3, 0.4) is 0 Å². The number of ether oxygens (including phenoxy) is 1. The molecule has 2 rings (SSSR count). The standard InChI is InChI=1S/C22H30O4/c1-5-6-7-8-17-12-18(13-20(23)21(17)22(24)25)26-16(4)19-10-9-14(2)11-15(19)3/h11-13,15,19,23H,4-10H2,1-3H3,(H,24,25)/t15-,19?/m0/s1. The monoisotopic (exact) mass is 358 g/mol. The number of aryl methyl sites for hydroxylation is 1. The van der Waals surface area contributed by atoms with E-state index in [4.69, 9.17) is 4.74 Å². The molecule has 0 amide bonds. The first-order valence-electron chi connectivity index (χ1n) is 9.46. The SMILES string of the molecule is C=C(Oc1cc(O)c(C(=O)O)c(CCCCC)c1)C1CCC(C)=C[C@@H]1C. The van der Waals surface area contributed by atoms with Gasteiger partial charge in [-0.1, -0.05) is 44.9 Å². The minimum Gasteiger partial charge on any atom is -0.507 e. The number of hydrogen-bond donors (Lipinski definition) is 2. The van der Waals surface area contributed by atoms with Crippen LogP contribution < -0.4 is 4.74 Å². The van der Waals surface area contributed by atoms with E-state index < -0.39 is 5.97 Å². The Morgan fingerprint density at radius 2 is 2.08 bits per heavy atom. The minimum absolute atomic E-state index is 0.0244. The van der Waals surface area contributed by atoms with E-state index in [1.165, 1.54) is 11.6 Å². The third-order valence-corrected chi connectivity index (χ3v) is 5.13. The van der Waals surface area contributed by atoms with Crippen molar-refractivity contribution >= 4 is 5.97 Å². The van der Waals surface area contributed by atoms with E-state index in [9.17, 15) is 15.0 Å². The molecule has 1 aliphatic carbocycles. The molecule has 26 heavy (non-hydrogen) atoms. The first kappa shape index (κ1) is 20.1. The Kier molecular flexibility index (Phi) is 6.90. The summed E-state index contributed by atoms with van der Waals surface area (Å²) in [5.41, 5.74) is 1.98. The molecule has 4 nitrogen and oxygen atoms in total. The van der Waals surface area contributed by atoms with Crippen LogP contribution in [0.5, 0.6) is 11.5 Å². The Labute approximate surface area is 156 Å². The number of hydrogen-bond acceptors (Lipinski definition) is 3. The van der Waals surface area contributed by atoms with Gasteiger partial charge in [-0.2, -0.15) is 0 Å². The number of benzene rings is 1. The Morgan fingerprint density at radius 3 is 2.69 bits per heavy atom. The molecule has 0 saturated heterocycles. The maximum absolute atomic E-state index is 11.5. The van der Waals surface area contributed by atoms with Crippen LogP contribution in [0, 0.1) is 11.8 Å². The zero-order valence-electron chi connectivity index (χ0n) is 16.0. The van der Waals surface area contributed by atoms with Crippen molar-refractivity contribution in [1.82, 2.24) is 0 Å². The average molecular weight is 358 g/mol. The second-order valence-corrected chi connectivity index (χ2v) is 7.32. The number of allylic oxidation sites excluding steroid dienone is 3. The average Bonchev–Trinajstić information content (AvgIpc) is 2.54. The van der Waals surface area contributed by atoms with E-state index >= 15 is 0 Å². The third-order valence-electron chi connectivity index (χ3n) is 5.13. The summed E-state index contributed by atoms with van der Waals surface area (Å²) in [7, 11) is 0. The molecule has 1 aliphatic rings. The van der Waals surface area contributed by atoms with Crippen molar-refractivity contribution in [2.75, 3.05) is 0 Å². The van der Waals surface area contributed by atoms with Gasteiger partial charge in [0, 0.05) is 12.0 Å². The van der Waals surface area contributed by atoms with Crippen molar-refractivity contribution in [2.24, 2.45) is 11.8 Å². The van der Waals surface area contributed by atoms with Crippen molar-refractivity contribution in [3.63, 3.8) is 0 Å². The Balaban J connectivity index is 2.21. The highest BCUT2D eigenvalue weighted by atomic mass is 16.5. The predicted octanol–water partition coefficient (Wildman–Crippen LogP) is 5.71. The second-order valence-electron chi connectivity index (χ2n) is 7.32. The normalized spacial score (nSPS) is 19.7. The molecule has 0 aliphatic heterocycles. The summed E-state index contributed by atoms with van der Waals surface area (Å²) in [6.07, 6.45) is 7.83. The lowest BCUT2D eigenvalue weighted by molar-refractivity contribution is 0.0692. The van der Waals surface area contributed by atoms with Gasteiger partial charge in [-0.15, -0.1) is 0 Å². The number of phenols is 1. The lowest BCUT2D eigenvalue weighted by atomic mass is 9.81. The van der Waals surface area contributed by atoms with Gasteiger partial charge in [0.05, 0.1) is 0 Å². The summed E-state index contributed by atoms with van der Waals surface area (Å²) >= 11 is 0. The largest absolute Gasteiger partial charge is 0.507 e. The summed E-state index contributed by atoms with van der Waals surface area (Å²) in [5, 5.41) is 19.6. The lowest BCUT2D eigenvalue weighted by Gasteiger charge is -2.28. The topological polar surface area (TPSA) is 66.8 Å². The van der Waals surface area contributed by atoms with E-state index in [2.05, 4.69) is 33.4 Å². The van der Waals surface area contributed by atoms with Crippen LogP contribution in [0.25, 0.3) is 0 Å². The fourth-order valence-electron chi connectivity index (χ4n) is 3.70. The number of aromatic hydroxyl groups is 1. The lowest BCUT2D eigenvalue weighted by Crippen LogP contribution is -2.19. The van der Waals surface area contributed by atoms with Gasteiger partial charge in [0.25, 0.3) is 0 Å². The number of rotatable bonds is 8. The van der Waals surface area contributed by atoms with Crippen molar-refractivity contribution in [1.29, 1.82) is 0 Å². The van der Waals surface area contributed by atoms with Crippen LogP contribution in [0.15, 0.2) is 36.1 Å². The molecule has 0 heterocycles. The van der Waals surface area contributed by atoms with E-state index in [0.717, 1.165) is 32.1 Å². The third kappa shape index (κ3) is 4.90. The van der Waals surface area contributed by atoms with Crippen LogP contribution in [0.2, 0.25) is 0 Å². The Bertz CT molecular complexity index is 702. The van der Waals surface area contributed by atoms with Crippen LogP contribution in [0.4, 0.5) is 0 Å². The second kappa shape index (κ2) is 8.93. The first-order chi connectivity index (χ1) is 12.3. The Hall–Kier alpha value is -2.23. The highest BCUT2D eigenvalue weighted by Gasteiger charge is 2.25. The minimum atomic E-state index is -1.11. The summed E-state index contributed by atoms with van der Waals surface area (Å²) in [6, 6.07) is 3.12. The summed E-state index contributed by atoms with van der Waals surface area (Å²) in [6.45, 7) is 10.5. The van der Waals surface area contributed by atoms with Crippen LogP contribution in [-0.2, 0) is 6.42 Å². The van der Waals surface area contributed by atoms with Gasteiger partial charge in [-0.05, 0) is 50.2 Å². The molecule has 1 aromatic carbocycles. The van der Waals surface area contributed by atoms with Crippen molar-refractivity contribution < 1.29 is 19.7 Å². The summed E-state index contributed by atoms with van der Waals surface area (Å²) in [4.78, 5) is 11.5. The van der Waals surface area contributed by atoms with E-state index in [0.29, 0.717) is 29.4 Å². The van der Waals surface area contributed by atoms with Gasteiger partial charge in [-0.25, -0.2) is 4.79 Å². The fraction of sp³-hybridized carbons (Fsp3) is 0.500. The molecule has 1 aromatic rings. The van der Waals surface area contributed by atoms with Gasteiger partial charge in [0.15, 0.2) is 0 Å². The van der Waals surface area contributed by atoms with Gasteiger partial charge in [0.1, 0.15) is 22.8 Å². The van der Waals surface area contributed by atoms with Gasteiger partial charge < -0.3 is 14.9 Å². The number of carboxylic acids is 1. The maximum Gasteiger partial charge on any atom is 0.339 e. The highest BCUT2D eigenvalue weighted by molar-refractivity contribution is 5.92. The van der Waals surface area contributed by atoms with Gasteiger partial charge >= 0.3 is 5.97 Å². The van der Waals surface area contributed by atoms with Crippen molar-refractivity contribution in [2.45, 2.75) is 59.3 Å². The van der Waals surface area contributed by atoms with E-state index in [1.54, 1.807) is 6.07 Å². The van der Waals surface area contributed by atoms with Crippen LogP contribution >= 0.6 is 0 Å². The molecule has 0 fully saturated rings. The first-order valence-corrected chi connectivity index (χ1v) is 9.46. The molecule has 1 unspecified atom stereocenters. The van der Waals surface area contributed by atoms with Crippen LogP contribution in [-0.4, -0.2) is 16.2 Å². The molecule has 0 radical (unpaired) electrons. The van der Waals surface area contributed by atoms with Crippen molar-refractivity contribution in [3.8, 4) is 11.5 Å². The quantitative estimate of drug-likeness (QED) is 0.355. The molecule has 0 saturated carbocycles. The number of carbonyl (C=O) groups is 1. The molecular formula is C22H30O4. The smallest absolute Gasteiger partial charge is 0.339 e.